The number of rotatable bonds is 5. The molecule has 6 heteroatoms. The van der Waals surface area contributed by atoms with Gasteiger partial charge >= 0.3 is 0 Å². The van der Waals surface area contributed by atoms with E-state index in [0.717, 1.165) is 5.56 Å². The van der Waals surface area contributed by atoms with E-state index in [4.69, 9.17) is 0 Å². The normalized spacial score (nSPS) is 10.5. The molecule has 0 atom stereocenters. The molecule has 3 aromatic rings. The Morgan fingerprint density at radius 3 is 2.32 bits per heavy atom. The van der Waals surface area contributed by atoms with Crippen LogP contribution >= 0.6 is 0 Å². The summed E-state index contributed by atoms with van der Waals surface area (Å²) in [5.74, 6) is 0. The average molecular weight is 295 g/mol. The SMILES string of the molecule is O=c1[nH]cccc1Nc1c(NCc2ccccc2)c(=O)c1=O. The fraction of sp³-hybridized carbons (Fsp3) is 0.0625. The molecule has 0 aliphatic rings. The molecule has 0 aliphatic carbocycles. The topological polar surface area (TPSA) is 91.1 Å². The predicted molar refractivity (Wildman–Crippen MR) is 85.5 cm³/mol. The Morgan fingerprint density at radius 1 is 0.864 bits per heavy atom. The summed E-state index contributed by atoms with van der Waals surface area (Å²) in [7, 11) is 0. The van der Waals surface area contributed by atoms with Gasteiger partial charge in [0.05, 0.1) is 0 Å². The monoisotopic (exact) mass is 295 g/mol. The van der Waals surface area contributed by atoms with Crippen molar-refractivity contribution in [2.45, 2.75) is 6.54 Å². The van der Waals surface area contributed by atoms with E-state index in [1.165, 1.54) is 12.3 Å². The maximum atomic E-state index is 11.7. The zero-order valence-corrected chi connectivity index (χ0v) is 11.6. The van der Waals surface area contributed by atoms with Gasteiger partial charge < -0.3 is 15.6 Å². The molecule has 2 aromatic carbocycles. The van der Waals surface area contributed by atoms with E-state index >= 15 is 0 Å². The Balaban J connectivity index is 1.81. The van der Waals surface area contributed by atoms with Gasteiger partial charge in [0.2, 0.25) is 0 Å². The lowest BCUT2D eigenvalue weighted by Crippen LogP contribution is -2.37. The van der Waals surface area contributed by atoms with E-state index in [9.17, 15) is 14.4 Å². The van der Waals surface area contributed by atoms with Crippen molar-refractivity contribution in [3.8, 4) is 0 Å². The van der Waals surface area contributed by atoms with Crippen LogP contribution in [0.3, 0.4) is 0 Å². The first-order valence-corrected chi connectivity index (χ1v) is 6.72. The molecule has 6 nitrogen and oxygen atoms in total. The van der Waals surface area contributed by atoms with E-state index in [1.807, 2.05) is 30.3 Å². The molecule has 0 bridgehead atoms. The minimum absolute atomic E-state index is 0.123. The second kappa shape index (κ2) is 5.69. The molecule has 0 aliphatic heterocycles. The van der Waals surface area contributed by atoms with Gasteiger partial charge in [0, 0.05) is 12.7 Å². The molecule has 3 rings (SSSR count). The second-order valence-electron chi connectivity index (χ2n) is 4.79. The van der Waals surface area contributed by atoms with Crippen LogP contribution in [0.4, 0.5) is 17.1 Å². The largest absolute Gasteiger partial charge is 0.376 e. The number of anilines is 3. The van der Waals surface area contributed by atoms with Crippen molar-refractivity contribution in [1.29, 1.82) is 0 Å². The van der Waals surface area contributed by atoms with Crippen LogP contribution in [-0.4, -0.2) is 4.98 Å². The molecule has 1 aromatic heterocycles. The van der Waals surface area contributed by atoms with Gasteiger partial charge in [-0.25, -0.2) is 0 Å². The average Bonchev–Trinajstić information content (AvgIpc) is 2.56. The van der Waals surface area contributed by atoms with Gasteiger partial charge in [0.25, 0.3) is 16.4 Å². The van der Waals surface area contributed by atoms with E-state index in [2.05, 4.69) is 15.6 Å². The molecule has 0 saturated heterocycles. The van der Waals surface area contributed by atoms with Crippen LogP contribution in [0.1, 0.15) is 5.56 Å². The Kier molecular flexibility index (Phi) is 3.57. The van der Waals surface area contributed by atoms with Crippen LogP contribution in [0.5, 0.6) is 0 Å². The molecule has 0 saturated carbocycles. The zero-order valence-electron chi connectivity index (χ0n) is 11.6. The third-order valence-electron chi connectivity index (χ3n) is 3.30. The minimum atomic E-state index is -0.626. The van der Waals surface area contributed by atoms with Crippen molar-refractivity contribution in [3.05, 3.63) is 85.0 Å². The predicted octanol–water partition coefficient (Wildman–Crippen LogP) is 1.33. The third kappa shape index (κ3) is 2.54. The first-order chi connectivity index (χ1) is 10.7. The number of aromatic amines is 1. The standard InChI is InChI=1S/C16H13N3O3/c20-14-12(18-9-10-5-2-1-3-6-10)13(15(14)21)19-11-7-4-8-17-16(11)22/h1-8,18-19H,9H2,(H,17,22). The van der Waals surface area contributed by atoms with Gasteiger partial charge in [-0.15, -0.1) is 0 Å². The summed E-state index contributed by atoms with van der Waals surface area (Å²) in [5.41, 5.74) is -0.0275. The number of H-pyrrole nitrogens is 1. The summed E-state index contributed by atoms with van der Waals surface area (Å²) in [6.45, 7) is 0.422. The first kappa shape index (κ1) is 13.8. The maximum absolute atomic E-state index is 11.7. The van der Waals surface area contributed by atoms with E-state index < -0.39 is 10.9 Å². The van der Waals surface area contributed by atoms with E-state index in [0.29, 0.717) is 6.54 Å². The van der Waals surface area contributed by atoms with Gasteiger partial charge in [0.1, 0.15) is 17.1 Å². The number of pyridine rings is 1. The summed E-state index contributed by atoms with van der Waals surface area (Å²) in [5, 5.41) is 5.66. The fourth-order valence-corrected chi connectivity index (χ4v) is 2.12. The summed E-state index contributed by atoms with van der Waals surface area (Å²) < 4.78 is 0. The maximum Gasteiger partial charge on any atom is 0.271 e. The van der Waals surface area contributed by atoms with Gasteiger partial charge in [-0.1, -0.05) is 30.3 Å². The molecule has 3 N–H and O–H groups in total. The van der Waals surface area contributed by atoms with Crippen molar-refractivity contribution in [2.75, 3.05) is 10.6 Å². The molecule has 1 heterocycles. The van der Waals surface area contributed by atoms with Crippen LogP contribution in [-0.2, 0) is 6.54 Å². The molecule has 0 radical (unpaired) electrons. The smallest absolute Gasteiger partial charge is 0.271 e. The molecule has 0 spiro atoms. The highest BCUT2D eigenvalue weighted by Crippen LogP contribution is 2.18. The molecule has 0 unspecified atom stereocenters. The van der Waals surface area contributed by atoms with Gasteiger partial charge in [-0.05, 0) is 17.7 Å². The van der Waals surface area contributed by atoms with Crippen molar-refractivity contribution in [2.24, 2.45) is 0 Å². The van der Waals surface area contributed by atoms with E-state index in [-0.39, 0.29) is 22.6 Å². The van der Waals surface area contributed by atoms with Crippen LogP contribution < -0.4 is 27.1 Å². The van der Waals surface area contributed by atoms with Crippen LogP contribution in [0.2, 0.25) is 0 Å². The van der Waals surface area contributed by atoms with Crippen molar-refractivity contribution >= 4 is 17.1 Å². The number of hydrogen-bond acceptors (Lipinski definition) is 5. The lowest BCUT2D eigenvalue weighted by molar-refractivity contribution is 1.13. The highest BCUT2D eigenvalue weighted by molar-refractivity contribution is 5.78. The summed E-state index contributed by atoms with van der Waals surface area (Å²) in [4.78, 5) is 37.5. The van der Waals surface area contributed by atoms with Gasteiger partial charge in [0.15, 0.2) is 0 Å². The highest BCUT2D eigenvalue weighted by atomic mass is 16.2. The molecule has 110 valence electrons. The van der Waals surface area contributed by atoms with Crippen LogP contribution in [0, 0.1) is 0 Å². The highest BCUT2D eigenvalue weighted by Gasteiger charge is 2.21. The van der Waals surface area contributed by atoms with Crippen molar-refractivity contribution in [3.63, 3.8) is 0 Å². The fourth-order valence-electron chi connectivity index (χ4n) is 2.12. The summed E-state index contributed by atoms with van der Waals surface area (Å²) in [6.07, 6.45) is 1.49. The van der Waals surface area contributed by atoms with E-state index in [1.54, 1.807) is 6.07 Å². The quantitative estimate of drug-likeness (QED) is 0.618. The Bertz CT molecular complexity index is 922. The first-order valence-electron chi connectivity index (χ1n) is 6.72. The number of benzene rings is 1. The summed E-state index contributed by atoms with van der Waals surface area (Å²) >= 11 is 0. The number of aromatic nitrogens is 1. The lowest BCUT2D eigenvalue weighted by atomic mass is 10.1. The molecular weight excluding hydrogens is 282 g/mol. The van der Waals surface area contributed by atoms with Crippen molar-refractivity contribution in [1.82, 2.24) is 4.98 Å². The molecular formula is C16H13N3O3. The minimum Gasteiger partial charge on any atom is -0.376 e. The third-order valence-corrected chi connectivity index (χ3v) is 3.30. The Labute approximate surface area is 125 Å². The molecule has 0 amide bonds. The lowest BCUT2D eigenvalue weighted by Gasteiger charge is -2.14. The van der Waals surface area contributed by atoms with Crippen LogP contribution in [0.15, 0.2) is 63.0 Å². The van der Waals surface area contributed by atoms with Gasteiger partial charge in [-0.2, -0.15) is 0 Å². The summed E-state index contributed by atoms with van der Waals surface area (Å²) in [6, 6.07) is 12.7. The molecule has 22 heavy (non-hydrogen) atoms. The Morgan fingerprint density at radius 2 is 1.59 bits per heavy atom. The van der Waals surface area contributed by atoms with Crippen LogP contribution in [0.25, 0.3) is 0 Å². The zero-order chi connectivity index (χ0) is 15.5. The number of nitrogens with one attached hydrogen (secondary N) is 3. The number of hydrogen-bond donors (Lipinski definition) is 3. The van der Waals surface area contributed by atoms with Gasteiger partial charge in [-0.3, -0.25) is 14.4 Å². The molecule has 0 fully saturated rings. The second-order valence-corrected chi connectivity index (χ2v) is 4.79. The Hall–Kier alpha value is -3.15. The van der Waals surface area contributed by atoms with Crippen molar-refractivity contribution < 1.29 is 0 Å².